The lowest BCUT2D eigenvalue weighted by Gasteiger charge is -2.19. The molecule has 3 aromatic rings. The van der Waals surface area contributed by atoms with Gasteiger partial charge in [-0.15, -0.1) is 0 Å². The van der Waals surface area contributed by atoms with E-state index in [4.69, 9.17) is 0 Å². The Balaban J connectivity index is 1.97. The second-order valence-electron chi connectivity index (χ2n) is 7.09. The van der Waals surface area contributed by atoms with E-state index < -0.39 is 5.97 Å². The fourth-order valence-corrected chi connectivity index (χ4v) is 2.75. The first kappa shape index (κ1) is 17.0. The van der Waals surface area contributed by atoms with Crippen molar-refractivity contribution in [3.05, 3.63) is 65.7 Å². The largest absolute Gasteiger partial charge is 0.372 e. The van der Waals surface area contributed by atoms with Crippen LogP contribution in [0, 0.1) is 0 Å². The third-order valence-corrected chi connectivity index (χ3v) is 4.17. The maximum absolute atomic E-state index is 11.7. The van der Waals surface area contributed by atoms with Crippen molar-refractivity contribution in [2.24, 2.45) is 0 Å². The molecule has 3 nitrogen and oxygen atoms in total. The van der Waals surface area contributed by atoms with E-state index in [2.05, 4.69) is 61.0 Å². The molecule has 0 aliphatic carbocycles. The first-order valence-electron chi connectivity index (χ1n) is 8.11. The van der Waals surface area contributed by atoms with Crippen LogP contribution < -0.4 is 0 Å². The molecule has 0 bridgehead atoms. The van der Waals surface area contributed by atoms with E-state index >= 15 is 0 Å². The van der Waals surface area contributed by atoms with E-state index in [-0.39, 0.29) is 5.41 Å². The van der Waals surface area contributed by atoms with E-state index in [0.29, 0.717) is 0 Å². The average Bonchev–Trinajstić information content (AvgIpc) is 3.02. The summed E-state index contributed by atoms with van der Waals surface area (Å²) in [4.78, 5) is 17.4. The molecule has 0 fully saturated rings. The zero-order valence-corrected chi connectivity index (χ0v) is 14.5. The lowest BCUT2D eigenvalue weighted by atomic mass is 9.86. The maximum atomic E-state index is 11.7. The second-order valence-corrected chi connectivity index (χ2v) is 7.09. The molecular weight excluding hydrogens is 317 g/mol. The minimum absolute atomic E-state index is 0.0883. The van der Waals surface area contributed by atoms with Gasteiger partial charge in [0.2, 0.25) is 0 Å². The van der Waals surface area contributed by atoms with Crippen LogP contribution in [-0.2, 0) is 15.2 Å². The molecule has 128 valence electrons. The maximum Gasteiger partial charge on any atom is 0.372 e. The fraction of sp³-hybridized carbons (Fsp3) is 0.190. The number of fused-ring (bicyclic) bond motifs is 1. The Labute approximate surface area is 146 Å². The highest BCUT2D eigenvalue weighted by molar-refractivity contribution is 5.90. The van der Waals surface area contributed by atoms with Crippen molar-refractivity contribution < 1.29 is 14.3 Å². The summed E-state index contributed by atoms with van der Waals surface area (Å²) >= 11 is 0. The van der Waals surface area contributed by atoms with Crippen molar-refractivity contribution in [3.8, 4) is 11.3 Å². The van der Waals surface area contributed by atoms with Gasteiger partial charge in [-0.1, -0.05) is 45.0 Å². The number of carbonyl (C=O) groups is 1. The van der Waals surface area contributed by atoms with Crippen LogP contribution in [0.3, 0.4) is 0 Å². The van der Waals surface area contributed by atoms with Crippen LogP contribution in [0.5, 0.6) is 0 Å². The molecule has 2 aromatic carbocycles. The van der Waals surface area contributed by atoms with E-state index in [1.54, 1.807) is 0 Å². The molecule has 25 heavy (non-hydrogen) atoms. The Morgan fingerprint density at radius 2 is 1.92 bits per heavy atom. The Kier molecular flexibility index (Phi) is 4.45. The van der Waals surface area contributed by atoms with Gasteiger partial charge in [0.05, 0.1) is 0 Å². The molecule has 4 heteroatoms. The number of benzene rings is 2. The molecule has 0 unspecified atom stereocenters. The highest BCUT2D eigenvalue weighted by Crippen LogP contribution is 2.29. The lowest BCUT2D eigenvalue weighted by molar-refractivity contribution is -0.176. The third-order valence-electron chi connectivity index (χ3n) is 4.17. The molecule has 1 heterocycles. The number of aromatic nitrogens is 1. The molecule has 0 saturated heterocycles. The highest BCUT2D eigenvalue weighted by atomic mass is 19.3. The second kappa shape index (κ2) is 6.55. The van der Waals surface area contributed by atoms with Crippen LogP contribution in [0.2, 0.25) is 0 Å². The van der Waals surface area contributed by atoms with Crippen LogP contribution in [0.25, 0.3) is 28.2 Å². The zero-order chi connectivity index (χ0) is 18.0. The van der Waals surface area contributed by atoms with E-state index in [1.807, 2.05) is 18.2 Å². The molecule has 0 aliphatic rings. The van der Waals surface area contributed by atoms with Crippen molar-refractivity contribution in [2.45, 2.75) is 26.2 Å². The Bertz CT molecular complexity index is 948. The predicted octanol–water partition coefficient (Wildman–Crippen LogP) is 5.57. The van der Waals surface area contributed by atoms with E-state index in [9.17, 15) is 9.32 Å². The molecular formula is C21H20FNO2. The number of carbonyl (C=O) groups excluding carboxylic acids is 1. The normalized spacial score (nSPS) is 12.0. The zero-order valence-electron chi connectivity index (χ0n) is 14.5. The first-order valence-corrected chi connectivity index (χ1v) is 8.11. The van der Waals surface area contributed by atoms with Crippen molar-refractivity contribution >= 4 is 22.9 Å². The summed E-state index contributed by atoms with van der Waals surface area (Å²) in [5.41, 5.74) is 5.32. The van der Waals surface area contributed by atoms with Gasteiger partial charge in [0, 0.05) is 27.2 Å². The quantitative estimate of drug-likeness (QED) is 0.635. The van der Waals surface area contributed by atoms with Crippen molar-refractivity contribution in [2.75, 3.05) is 0 Å². The standard InChI is InChI=1S/C21H20FNO2/c1-21(2,3)17-6-4-5-15(12-17)19-13-16-11-14(7-9-18(16)23-19)8-10-20(24)25-22/h4-13,23H,1-3H3/b10-8+. The first-order chi connectivity index (χ1) is 11.9. The highest BCUT2D eigenvalue weighted by Gasteiger charge is 2.14. The number of hydrogen-bond donors (Lipinski definition) is 1. The van der Waals surface area contributed by atoms with Gasteiger partial charge in [-0.2, -0.15) is 0 Å². The Hall–Kier alpha value is -2.88. The Morgan fingerprint density at radius 1 is 1.12 bits per heavy atom. The molecule has 0 atom stereocenters. The van der Waals surface area contributed by atoms with E-state index in [1.165, 1.54) is 11.6 Å². The third kappa shape index (κ3) is 3.79. The summed E-state index contributed by atoms with van der Waals surface area (Å²) in [6, 6.07) is 16.3. The van der Waals surface area contributed by atoms with Crippen LogP contribution in [-0.4, -0.2) is 11.0 Å². The van der Waals surface area contributed by atoms with Crippen LogP contribution >= 0.6 is 0 Å². The van der Waals surface area contributed by atoms with Gasteiger partial charge >= 0.3 is 5.97 Å². The van der Waals surface area contributed by atoms with Gasteiger partial charge in [-0.3, -0.25) is 4.94 Å². The number of nitrogens with one attached hydrogen (secondary N) is 1. The predicted molar refractivity (Wildman–Crippen MR) is 98.7 cm³/mol. The van der Waals surface area contributed by atoms with Crippen LogP contribution in [0.4, 0.5) is 4.53 Å². The summed E-state index contributed by atoms with van der Waals surface area (Å²) in [5.74, 6) is -1.02. The summed E-state index contributed by atoms with van der Waals surface area (Å²) in [6.07, 6.45) is 2.58. The number of hydrogen-bond acceptors (Lipinski definition) is 2. The van der Waals surface area contributed by atoms with Gasteiger partial charge in [0.25, 0.3) is 0 Å². The molecule has 0 spiro atoms. The molecule has 1 N–H and O–H groups in total. The van der Waals surface area contributed by atoms with Crippen molar-refractivity contribution in [1.82, 2.24) is 4.98 Å². The summed E-state index contributed by atoms with van der Waals surface area (Å²) < 4.78 is 11.7. The van der Waals surface area contributed by atoms with E-state index in [0.717, 1.165) is 33.8 Å². The van der Waals surface area contributed by atoms with Crippen LogP contribution in [0.1, 0.15) is 31.9 Å². The number of aromatic amines is 1. The van der Waals surface area contributed by atoms with Gasteiger partial charge in [-0.05, 0) is 52.4 Å². The molecule has 0 radical (unpaired) electrons. The smallest absolute Gasteiger partial charge is 0.355 e. The minimum Gasteiger partial charge on any atom is -0.355 e. The molecule has 0 saturated carbocycles. The number of halogens is 1. The minimum atomic E-state index is -1.02. The van der Waals surface area contributed by atoms with Gasteiger partial charge < -0.3 is 4.98 Å². The SMILES string of the molecule is CC(C)(C)c1cccc(-c2cc3cc(/C=C/C(=O)OF)ccc3[nH]2)c1. The summed E-state index contributed by atoms with van der Waals surface area (Å²) in [7, 11) is 0. The summed E-state index contributed by atoms with van der Waals surface area (Å²) in [5, 5.41) is 1.02. The lowest BCUT2D eigenvalue weighted by Crippen LogP contribution is -2.10. The van der Waals surface area contributed by atoms with Crippen molar-refractivity contribution in [3.63, 3.8) is 0 Å². The monoisotopic (exact) mass is 337 g/mol. The summed E-state index contributed by atoms with van der Waals surface area (Å²) in [6.45, 7) is 6.58. The molecule has 1 aromatic heterocycles. The molecule has 3 rings (SSSR count). The number of H-pyrrole nitrogens is 1. The fourth-order valence-electron chi connectivity index (χ4n) is 2.75. The molecule has 0 aliphatic heterocycles. The Morgan fingerprint density at radius 3 is 2.64 bits per heavy atom. The average molecular weight is 337 g/mol. The van der Waals surface area contributed by atoms with Crippen LogP contribution in [0.15, 0.2) is 54.6 Å². The number of rotatable bonds is 3. The topological polar surface area (TPSA) is 42.1 Å². The van der Waals surface area contributed by atoms with Gasteiger partial charge in [0.1, 0.15) is 0 Å². The molecule has 0 amide bonds. The van der Waals surface area contributed by atoms with Gasteiger partial charge in [0.15, 0.2) is 0 Å². The van der Waals surface area contributed by atoms with Gasteiger partial charge in [-0.25, -0.2) is 4.79 Å². The van der Waals surface area contributed by atoms with Crippen molar-refractivity contribution in [1.29, 1.82) is 0 Å².